The van der Waals surface area contributed by atoms with Gasteiger partial charge in [0.25, 0.3) is 0 Å². The maximum absolute atomic E-state index is 4.65. The second kappa shape index (κ2) is 7.92. The highest BCUT2D eigenvalue weighted by Crippen LogP contribution is 2.38. The average molecular weight is 490 g/mol. The Hall–Kier alpha value is -5.16. The summed E-state index contributed by atoms with van der Waals surface area (Å²) in [4.78, 5) is 9.28. The van der Waals surface area contributed by atoms with Crippen LogP contribution < -0.4 is 0 Å². The van der Waals surface area contributed by atoms with Gasteiger partial charge in [-0.25, -0.2) is 4.98 Å². The lowest BCUT2D eigenvalue weighted by atomic mass is 10.1. The minimum absolute atomic E-state index is 0.956. The van der Waals surface area contributed by atoms with Gasteiger partial charge < -0.3 is 13.7 Å². The van der Waals surface area contributed by atoms with E-state index >= 15 is 0 Å². The van der Waals surface area contributed by atoms with Gasteiger partial charge in [0.15, 0.2) is 0 Å². The SMILES string of the molecule is Cn1cc(-c2ccccn2)c2cc3c(cc21)c1ccccc1n3-c1cccc(-n2ccc3cccnc32)c1. The first-order valence-electron chi connectivity index (χ1n) is 12.7. The van der Waals surface area contributed by atoms with Crippen LogP contribution in [0.3, 0.4) is 0 Å². The Morgan fingerprint density at radius 3 is 2.37 bits per heavy atom. The Kier molecular flexibility index (Phi) is 4.37. The lowest BCUT2D eigenvalue weighted by Gasteiger charge is -2.11. The van der Waals surface area contributed by atoms with E-state index in [0.717, 1.165) is 33.7 Å². The van der Waals surface area contributed by atoms with Crippen LogP contribution in [0.5, 0.6) is 0 Å². The molecule has 0 atom stereocenters. The van der Waals surface area contributed by atoms with E-state index in [0.29, 0.717) is 0 Å². The van der Waals surface area contributed by atoms with Crippen molar-refractivity contribution in [3.8, 4) is 22.6 Å². The van der Waals surface area contributed by atoms with Crippen molar-refractivity contribution >= 4 is 43.7 Å². The molecular formula is C33H23N5. The number of rotatable bonds is 3. The molecule has 8 aromatic rings. The molecule has 0 spiro atoms. The minimum Gasteiger partial charge on any atom is -0.350 e. The van der Waals surface area contributed by atoms with Gasteiger partial charge in [0.1, 0.15) is 5.65 Å². The highest BCUT2D eigenvalue weighted by atomic mass is 15.0. The van der Waals surface area contributed by atoms with Crippen molar-refractivity contribution in [2.45, 2.75) is 0 Å². The Balaban J connectivity index is 1.42. The number of para-hydroxylation sites is 1. The first-order valence-corrected chi connectivity index (χ1v) is 12.7. The second-order valence-corrected chi connectivity index (χ2v) is 9.73. The lowest BCUT2D eigenvalue weighted by molar-refractivity contribution is 0.970. The van der Waals surface area contributed by atoms with Crippen LogP contribution in [0.25, 0.3) is 66.4 Å². The highest BCUT2D eigenvalue weighted by molar-refractivity contribution is 6.15. The minimum atomic E-state index is 0.956. The fourth-order valence-electron chi connectivity index (χ4n) is 5.80. The molecular weight excluding hydrogens is 466 g/mol. The fourth-order valence-corrected chi connectivity index (χ4v) is 5.80. The van der Waals surface area contributed by atoms with Crippen molar-refractivity contribution in [1.29, 1.82) is 0 Å². The van der Waals surface area contributed by atoms with Crippen molar-refractivity contribution in [2.75, 3.05) is 0 Å². The van der Waals surface area contributed by atoms with E-state index in [1.54, 1.807) is 0 Å². The zero-order chi connectivity index (χ0) is 25.2. The van der Waals surface area contributed by atoms with Gasteiger partial charge in [-0.1, -0.05) is 30.3 Å². The number of pyridine rings is 2. The van der Waals surface area contributed by atoms with Crippen LogP contribution >= 0.6 is 0 Å². The summed E-state index contributed by atoms with van der Waals surface area (Å²) in [6.45, 7) is 0. The molecule has 5 aromatic heterocycles. The molecule has 3 aromatic carbocycles. The smallest absolute Gasteiger partial charge is 0.144 e. The van der Waals surface area contributed by atoms with Crippen LogP contribution in [0.1, 0.15) is 0 Å². The largest absolute Gasteiger partial charge is 0.350 e. The number of benzene rings is 3. The molecule has 0 aliphatic carbocycles. The molecule has 0 saturated carbocycles. The molecule has 5 heterocycles. The lowest BCUT2D eigenvalue weighted by Crippen LogP contribution is -1.98. The molecule has 0 aliphatic heterocycles. The Morgan fingerprint density at radius 1 is 0.605 bits per heavy atom. The van der Waals surface area contributed by atoms with Crippen molar-refractivity contribution in [1.82, 2.24) is 23.7 Å². The molecule has 5 nitrogen and oxygen atoms in total. The fraction of sp³-hybridized carbons (Fsp3) is 0.0303. The molecule has 0 aliphatic rings. The van der Waals surface area contributed by atoms with Gasteiger partial charge in [0.2, 0.25) is 0 Å². The number of fused-ring (bicyclic) bond motifs is 5. The molecule has 5 heteroatoms. The van der Waals surface area contributed by atoms with Crippen molar-refractivity contribution < 1.29 is 0 Å². The van der Waals surface area contributed by atoms with Gasteiger partial charge >= 0.3 is 0 Å². The topological polar surface area (TPSA) is 40.6 Å². The third-order valence-electron chi connectivity index (χ3n) is 7.54. The molecule has 38 heavy (non-hydrogen) atoms. The van der Waals surface area contributed by atoms with Gasteiger partial charge in [-0.2, -0.15) is 0 Å². The number of nitrogens with zero attached hydrogens (tertiary/aromatic N) is 5. The molecule has 180 valence electrons. The molecule has 0 saturated heterocycles. The maximum Gasteiger partial charge on any atom is 0.144 e. The third kappa shape index (κ3) is 2.99. The van der Waals surface area contributed by atoms with Crippen molar-refractivity contribution in [3.63, 3.8) is 0 Å². The van der Waals surface area contributed by atoms with E-state index in [-0.39, 0.29) is 0 Å². The molecule has 0 radical (unpaired) electrons. The monoisotopic (exact) mass is 489 g/mol. The number of aryl methyl sites for hydroxylation is 1. The quantitative estimate of drug-likeness (QED) is 0.255. The maximum atomic E-state index is 4.65. The van der Waals surface area contributed by atoms with Crippen molar-refractivity contribution in [2.24, 2.45) is 7.05 Å². The van der Waals surface area contributed by atoms with E-state index in [1.807, 2.05) is 30.6 Å². The molecule has 0 unspecified atom stereocenters. The first-order chi connectivity index (χ1) is 18.8. The van der Waals surface area contributed by atoms with E-state index in [9.17, 15) is 0 Å². The van der Waals surface area contributed by atoms with E-state index < -0.39 is 0 Å². The predicted octanol–water partition coefficient (Wildman–Crippen LogP) is 7.68. The summed E-state index contributed by atoms with van der Waals surface area (Å²) in [6.07, 6.45) is 7.98. The van der Waals surface area contributed by atoms with E-state index in [2.05, 4.69) is 122 Å². The van der Waals surface area contributed by atoms with Gasteiger partial charge in [-0.05, 0) is 66.7 Å². The number of hydrogen-bond donors (Lipinski definition) is 0. The standard InChI is InChI=1S/C33H23N5/c1-36-21-28(29-12-4-5-15-34-29)27-20-32-26(19-31(27)36)25-11-2-3-13-30(25)38(32)24-10-6-9-23(18-24)37-17-14-22-8-7-16-35-33(22)37/h2-21H,1H3. The summed E-state index contributed by atoms with van der Waals surface area (Å²) in [5.41, 5.74) is 8.82. The second-order valence-electron chi connectivity index (χ2n) is 9.73. The average Bonchev–Trinajstić information content (AvgIpc) is 3.64. The van der Waals surface area contributed by atoms with Gasteiger partial charge in [0, 0.05) is 75.8 Å². The van der Waals surface area contributed by atoms with Crippen LogP contribution in [-0.2, 0) is 7.05 Å². The number of aromatic nitrogens is 5. The molecule has 0 fully saturated rings. The third-order valence-corrected chi connectivity index (χ3v) is 7.54. The molecule has 0 amide bonds. The Morgan fingerprint density at radius 2 is 1.45 bits per heavy atom. The summed E-state index contributed by atoms with van der Waals surface area (Å²) in [5, 5.41) is 4.80. The number of hydrogen-bond acceptors (Lipinski definition) is 2. The van der Waals surface area contributed by atoms with E-state index in [4.69, 9.17) is 0 Å². The van der Waals surface area contributed by atoms with Crippen LogP contribution in [0, 0.1) is 0 Å². The predicted molar refractivity (Wildman–Crippen MR) is 155 cm³/mol. The zero-order valence-electron chi connectivity index (χ0n) is 20.8. The molecule has 8 rings (SSSR count). The van der Waals surface area contributed by atoms with Crippen LogP contribution in [0.4, 0.5) is 0 Å². The van der Waals surface area contributed by atoms with E-state index in [1.165, 1.54) is 32.7 Å². The Bertz CT molecular complexity index is 2140. The Labute approximate surface area is 218 Å². The van der Waals surface area contributed by atoms with Crippen LogP contribution in [-0.4, -0.2) is 23.7 Å². The zero-order valence-corrected chi connectivity index (χ0v) is 20.8. The summed E-state index contributed by atoms with van der Waals surface area (Å²) in [5.74, 6) is 0. The summed E-state index contributed by atoms with van der Waals surface area (Å²) < 4.78 is 6.74. The van der Waals surface area contributed by atoms with Crippen molar-refractivity contribution in [3.05, 3.63) is 122 Å². The summed E-state index contributed by atoms with van der Waals surface area (Å²) in [6, 6.07) is 34.3. The summed E-state index contributed by atoms with van der Waals surface area (Å²) >= 11 is 0. The normalized spacial score (nSPS) is 11.8. The summed E-state index contributed by atoms with van der Waals surface area (Å²) in [7, 11) is 2.11. The van der Waals surface area contributed by atoms with Gasteiger partial charge in [-0.3, -0.25) is 4.98 Å². The van der Waals surface area contributed by atoms with Gasteiger partial charge in [0.05, 0.1) is 16.7 Å². The van der Waals surface area contributed by atoms with Gasteiger partial charge in [-0.15, -0.1) is 0 Å². The molecule has 0 bridgehead atoms. The van der Waals surface area contributed by atoms with Crippen LogP contribution in [0.2, 0.25) is 0 Å². The highest BCUT2D eigenvalue weighted by Gasteiger charge is 2.17. The molecule has 0 N–H and O–H groups in total. The first kappa shape index (κ1) is 21.0. The van der Waals surface area contributed by atoms with Crippen LogP contribution in [0.15, 0.2) is 122 Å².